The molecular formula is C14H10BrClO3. The molecule has 0 aromatic heterocycles. The summed E-state index contributed by atoms with van der Waals surface area (Å²) in [6.07, 6.45) is 0. The Labute approximate surface area is 124 Å². The van der Waals surface area contributed by atoms with Gasteiger partial charge in [-0.2, -0.15) is 0 Å². The minimum absolute atomic E-state index is 0.195. The number of esters is 1. The fourth-order valence-electron chi connectivity index (χ4n) is 1.36. The van der Waals surface area contributed by atoms with Gasteiger partial charge in [0.1, 0.15) is 11.5 Å². The highest BCUT2D eigenvalue weighted by atomic mass is 79.9. The van der Waals surface area contributed by atoms with E-state index < -0.39 is 5.97 Å². The van der Waals surface area contributed by atoms with Gasteiger partial charge >= 0.3 is 5.97 Å². The van der Waals surface area contributed by atoms with Gasteiger partial charge in [0.05, 0.1) is 5.02 Å². The lowest BCUT2D eigenvalue weighted by Crippen LogP contribution is -2.17. The summed E-state index contributed by atoms with van der Waals surface area (Å²) in [4.78, 5) is 11.6. The number of hydrogen-bond donors (Lipinski definition) is 0. The summed E-state index contributed by atoms with van der Waals surface area (Å²) in [5.41, 5.74) is 0. The van der Waals surface area contributed by atoms with Crippen LogP contribution in [0.2, 0.25) is 5.02 Å². The van der Waals surface area contributed by atoms with Gasteiger partial charge in [-0.1, -0.05) is 39.7 Å². The quantitative estimate of drug-likeness (QED) is 0.621. The molecule has 0 saturated heterocycles. The zero-order chi connectivity index (χ0) is 13.7. The molecule has 2 rings (SSSR count). The van der Waals surface area contributed by atoms with Crippen molar-refractivity contribution in [1.82, 2.24) is 0 Å². The normalized spacial score (nSPS) is 10.0. The first kappa shape index (κ1) is 13.9. The summed E-state index contributed by atoms with van der Waals surface area (Å²) >= 11 is 9.20. The predicted octanol–water partition coefficient (Wildman–Crippen LogP) is 4.09. The Morgan fingerprint density at radius 3 is 2.47 bits per heavy atom. The van der Waals surface area contributed by atoms with Crippen LogP contribution in [0, 0.1) is 0 Å². The first-order valence-electron chi connectivity index (χ1n) is 5.49. The number of para-hydroxylation sites is 1. The van der Waals surface area contributed by atoms with Crippen LogP contribution in [0.1, 0.15) is 0 Å². The van der Waals surface area contributed by atoms with E-state index in [0.717, 1.165) is 4.47 Å². The summed E-state index contributed by atoms with van der Waals surface area (Å²) in [6.45, 7) is -0.195. The van der Waals surface area contributed by atoms with E-state index in [0.29, 0.717) is 16.5 Å². The SMILES string of the molecule is O=C(COc1ccccc1Cl)Oc1ccc(Br)cc1. The van der Waals surface area contributed by atoms with Crippen molar-refractivity contribution in [2.24, 2.45) is 0 Å². The summed E-state index contributed by atoms with van der Waals surface area (Å²) in [7, 11) is 0. The third kappa shape index (κ3) is 4.26. The molecule has 0 atom stereocenters. The molecule has 2 aromatic carbocycles. The van der Waals surface area contributed by atoms with E-state index in [1.54, 1.807) is 48.5 Å². The predicted molar refractivity (Wildman–Crippen MR) is 76.7 cm³/mol. The molecule has 0 spiro atoms. The second kappa shape index (κ2) is 6.59. The van der Waals surface area contributed by atoms with Gasteiger partial charge in [-0.15, -0.1) is 0 Å². The first-order chi connectivity index (χ1) is 9.15. The molecule has 0 fully saturated rings. The lowest BCUT2D eigenvalue weighted by Gasteiger charge is -2.07. The largest absolute Gasteiger partial charge is 0.480 e. The molecule has 0 N–H and O–H groups in total. The second-order valence-electron chi connectivity index (χ2n) is 3.65. The van der Waals surface area contributed by atoms with Crippen molar-refractivity contribution in [3.8, 4) is 11.5 Å². The minimum atomic E-state index is -0.484. The summed E-state index contributed by atoms with van der Waals surface area (Å²) in [6, 6.07) is 13.9. The lowest BCUT2D eigenvalue weighted by atomic mass is 10.3. The lowest BCUT2D eigenvalue weighted by molar-refractivity contribution is -0.136. The summed E-state index contributed by atoms with van der Waals surface area (Å²) < 4.78 is 11.3. The minimum Gasteiger partial charge on any atom is -0.480 e. The molecule has 0 aliphatic rings. The molecule has 0 saturated carbocycles. The van der Waals surface area contributed by atoms with Crippen molar-refractivity contribution >= 4 is 33.5 Å². The van der Waals surface area contributed by atoms with E-state index >= 15 is 0 Å². The van der Waals surface area contributed by atoms with Gasteiger partial charge in [0, 0.05) is 4.47 Å². The van der Waals surface area contributed by atoms with Crippen LogP contribution in [0.3, 0.4) is 0 Å². The van der Waals surface area contributed by atoms with Gasteiger partial charge in [0.25, 0.3) is 0 Å². The Morgan fingerprint density at radius 1 is 1.11 bits per heavy atom. The Morgan fingerprint density at radius 2 is 1.79 bits per heavy atom. The molecule has 5 heteroatoms. The maximum atomic E-state index is 11.6. The Bertz CT molecular complexity index is 569. The van der Waals surface area contributed by atoms with Crippen LogP contribution in [0.4, 0.5) is 0 Å². The molecule has 0 bridgehead atoms. The highest BCUT2D eigenvalue weighted by Crippen LogP contribution is 2.23. The number of benzene rings is 2. The number of ether oxygens (including phenoxy) is 2. The molecule has 0 aliphatic carbocycles. The van der Waals surface area contributed by atoms with Crippen molar-refractivity contribution < 1.29 is 14.3 Å². The van der Waals surface area contributed by atoms with Crippen LogP contribution in [-0.2, 0) is 4.79 Å². The fraction of sp³-hybridized carbons (Fsp3) is 0.0714. The van der Waals surface area contributed by atoms with Crippen LogP contribution in [0.25, 0.3) is 0 Å². The number of carbonyl (C=O) groups excluding carboxylic acids is 1. The molecule has 3 nitrogen and oxygen atoms in total. The Hall–Kier alpha value is -1.52. The third-order valence-corrected chi connectivity index (χ3v) is 3.07. The van der Waals surface area contributed by atoms with Gasteiger partial charge < -0.3 is 9.47 Å². The fourth-order valence-corrected chi connectivity index (χ4v) is 1.82. The van der Waals surface area contributed by atoms with Gasteiger partial charge in [-0.05, 0) is 36.4 Å². The van der Waals surface area contributed by atoms with Crippen LogP contribution < -0.4 is 9.47 Å². The average Bonchev–Trinajstić information content (AvgIpc) is 2.40. The molecule has 0 unspecified atom stereocenters. The second-order valence-corrected chi connectivity index (χ2v) is 4.97. The van der Waals surface area contributed by atoms with Gasteiger partial charge in [-0.25, -0.2) is 4.79 Å². The molecular weight excluding hydrogens is 332 g/mol. The smallest absolute Gasteiger partial charge is 0.349 e. The molecule has 2 aromatic rings. The zero-order valence-electron chi connectivity index (χ0n) is 9.81. The van der Waals surface area contributed by atoms with Crippen molar-refractivity contribution in [2.45, 2.75) is 0 Å². The van der Waals surface area contributed by atoms with E-state index in [4.69, 9.17) is 21.1 Å². The zero-order valence-corrected chi connectivity index (χ0v) is 12.1. The number of hydrogen-bond acceptors (Lipinski definition) is 3. The number of rotatable bonds is 4. The maximum Gasteiger partial charge on any atom is 0.349 e. The number of carbonyl (C=O) groups is 1. The van der Waals surface area contributed by atoms with E-state index in [1.165, 1.54) is 0 Å². The molecule has 98 valence electrons. The monoisotopic (exact) mass is 340 g/mol. The highest BCUT2D eigenvalue weighted by Gasteiger charge is 2.07. The standard InChI is InChI=1S/C14H10BrClO3/c15-10-5-7-11(8-6-10)19-14(17)9-18-13-4-2-1-3-12(13)16/h1-8H,9H2. The topological polar surface area (TPSA) is 35.5 Å². The van der Waals surface area contributed by atoms with Gasteiger partial charge in [-0.3, -0.25) is 0 Å². The first-order valence-corrected chi connectivity index (χ1v) is 6.66. The Balaban J connectivity index is 1.88. The van der Waals surface area contributed by atoms with Crippen LogP contribution in [-0.4, -0.2) is 12.6 Å². The van der Waals surface area contributed by atoms with Gasteiger partial charge in [0.15, 0.2) is 6.61 Å². The molecule has 19 heavy (non-hydrogen) atoms. The summed E-state index contributed by atoms with van der Waals surface area (Å²) in [5.74, 6) is 0.440. The third-order valence-electron chi connectivity index (χ3n) is 2.23. The highest BCUT2D eigenvalue weighted by molar-refractivity contribution is 9.10. The van der Waals surface area contributed by atoms with Crippen LogP contribution in [0.15, 0.2) is 53.0 Å². The summed E-state index contributed by atoms with van der Waals surface area (Å²) in [5, 5.41) is 0.457. The van der Waals surface area contributed by atoms with E-state index in [9.17, 15) is 4.79 Å². The van der Waals surface area contributed by atoms with Crippen molar-refractivity contribution in [3.63, 3.8) is 0 Å². The van der Waals surface area contributed by atoms with Crippen LogP contribution >= 0.6 is 27.5 Å². The Kier molecular flexibility index (Phi) is 4.82. The van der Waals surface area contributed by atoms with Crippen molar-refractivity contribution in [3.05, 3.63) is 58.0 Å². The molecule has 0 radical (unpaired) electrons. The average molecular weight is 342 g/mol. The van der Waals surface area contributed by atoms with Crippen molar-refractivity contribution in [2.75, 3.05) is 6.61 Å². The molecule has 0 amide bonds. The molecule has 0 heterocycles. The van der Waals surface area contributed by atoms with E-state index in [1.807, 2.05) is 0 Å². The maximum absolute atomic E-state index is 11.6. The van der Waals surface area contributed by atoms with E-state index in [-0.39, 0.29) is 6.61 Å². The number of halogens is 2. The van der Waals surface area contributed by atoms with Crippen LogP contribution in [0.5, 0.6) is 11.5 Å². The van der Waals surface area contributed by atoms with E-state index in [2.05, 4.69) is 15.9 Å². The van der Waals surface area contributed by atoms with Crippen molar-refractivity contribution in [1.29, 1.82) is 0 Å². The molecule has 0 aliphatic heterocycles. The van der Waals surface area contributed by atoms with Gasteiger partial charge in [0.2, 0.25) is 0 Å².